The summed E-state index contributed by atoms with van der Waals surface area (Å²) in [5, 5.41) is 17.5. The van der Waals surface area contributed by atoms with Crippen LogP contribution in [0.15, 0.2) is 73.4 Å². The molecular formula is C18H28O2. The summed E-state index contributed by atoms with van der Waals surface area (Å²) in [4.78, 5) is 0. The lowest BCUT2D eigenvalue weighted by Gasteiger charge is -1.96. The lowest BCUT2D eigenvalue weighted by molar-refractivity contribution is 0.227. The van der Waals surface area contributed by atoms with E-state index in [4.69, 9.17) is 10.2 Å². The molecule has 2 N–H and O–H groups in total. The topological polar surface area (TPSA) is 40.5 Å². The van der Waals surface area contributed by atoms with Crippen LogP contribution in [-0.2, 0) is 0 Å². The fourth-order valence-corrected chi connectivity index (χ4v) is 1.00. The first-order valence-corrected chi connectivity index (χ1v) is 6.65. The van der Waals surface area contributed by atoms with Crippen molar-refractivity contribution in [2.45, 2.75) is 32.8 Å². The highest BCUT2D eigenvalue weighted by atomic mass is 16.3. The molecule has 0 heterocycles. The van der Waals surface area contributed by atoms with Gasteiger partial charge in [-0.1, -0.05) is 66.8 Å². The van der Waals surface area contributed by atoms with Gasteiger partial charge in [-0.2, -0.15) is 0 Å². The van der Waals surface area contributed by atoms with Crippen LogP contribution in [-0.4, -0.2) is 22.9 Å². The molecule has 0 bridgehead atoms. The van der Waals surface area contributed by atoms with Crippen LogP contribution in [0, 0.1) is 0 Å². The first kappa shape index (κ1) is 20.7. The van der Waals surface area contributed by atoms with Gasteiger partial charge >= 0.3 is 0 Å². The predicted molar refractivity (Wildman–Crippen MR) is 89.6 cm³/mol. The molecule has 0 spiro atoms. The quantitative estimate of drug-likeness (QED) is 0.517. The maximum atomic E-state index is 8.88. The average Bonchev–Trinajstić information content (AvgIpc) is 2.47. The van der Waals surface area contributed by atoms with Crippen molar-refractivity contribution in [3.8, 4) is 0 Å². The Hall–Kier alpha value is -1.64. The van der Waals surface area contributed by atoms with Crippen molar-refractivity contribution in [3.63, 3.8) is 0 Å². The molecule has 2 heteroatoms. The maximum Gasteiger partial charge on any atom is 0.0752 e. The molecule has 0 aromatic heterocycles. The Morgan fingerprint density at radius 3 is 2.25 bits per heavy atom. The third-order valence-electron chi connectivity index (χ3n) is 2.40. The van der Waals surface area contributed by atoms with Crippen molar-refractivity contribution in [1.82, 2.24) is 0 Å². The van der Waals surface area contributed by atoms with Crippen LogP contribution >= 0.6 is 0 Å². The van der Waals surface area contributed by atoms with Crippen molar-refractivity contribution in [2.75, 3.05) is 6.61 Å². The van der Waals surface area contributed by atoms with Gasteiger partial charge in [0.05, 0.1) is 12.7 Å². The van der Waals surface area contributed by atoms with Crippen LogP contribution < -0.4 is 0 Å². The fourth-order valence-electron chi connectivity index (χ4n) is 1.00. The molecule has 1 atom stereocenters. The van der Waals surface area contributed by atoms with Crippen molar-refractivity contribution >= 4 is 0 Å². The Morgan fingerprint density at radius 1 is 1.15 bits per heavy atom. The third kappa shape index (κ3) is 16.4. The molecular weight excluding hydrogens is 248 g/mol. The minimum absolute atomic E-state index is 0.154. The summed E-state index contributed by atoms with van der Waals surface area (Å²) in [6.45, 7) is 14.6. The normalized spacial score (nSPS) is 13.4. The molecule has 20 heavy (non-hydrogen) atoms. The molecule has 0 rings (SSSR count). The second-order valence-corrected chi connectivity index (χ2v) is 4.30. The van der Waals surface area contributed by atoms with Crippen LogP contribution in [0.5, 0.6) is 0 Å². The molecule has 0 aliphatic rings. The van der Waals surface area contributed by atoms with Gasteiger partial charge in [-0.3, -0.25) is 0 Å². The minimum Gasteiger partial charge on any atom is -0.392 e. The fraction of sp³-hybridized carbons (Fsp3) is 0.333. The summed E-state index contributed by atoms with van der Waals surface area (Å²) in [5.41, 5.74) is 2.19. The second-order valence-electron chi connectivity index (χ2n) is 4.30. The number of allylic oxidation sites excluding steroid dienone is 6. The van der Waals surface area contributed by atoms with Gasteiger partial charge in [0.15, 0.2) is 0 Å². The molecule has 2 nitrogen and oxygen atoms in total. The molecule has 0 aromatic rings. The van der Waals surface area contributed by atoms with Crippen LogP contribution in [0.1, 0.15) is 26.7 Å². The van der Waals surface area contributed by atoms with Crippen LogP contribution in [0.2, 0.25) is 0 Å². The number of rotatable bonds is 8. The SMILES string of the molecule is C=CC(C)=CCC=C(C)CO.C=CC=CCC(O)C=C. The van der Waals surface area contributed by atoms with Crippen molar-refractivity contribution < 1.29 is 10.2 Å². The van der Waals surface area contributed by atoms with Gasteiger partial charge in [-0.05, 0) is 26.7 Å². The molecule has 1 unspecified atom stereocenters. The molecule has 112 valence electrons. The van der Waals surface area contributed by atoms with E-state index >= 15 is 0 Å². The number of aliphatic hydroxyl groups excluding tert-OH is 2. The Balaban J connectivity index is 0. The number of hydrogen-bond acceptors (Lipinski definition) is 2. The van der Waals surface area contributed by atoms with E-state index < -0.39 is 6.10 Å². The summed E-state index contributed by atoms with van der Waals surface area (Å²) in [6, 6.07) is 0. The Kier molecular flexibility index (Phi) is 15.9. The van der Waals surface area contributed by atoms with E-state index in [1.807, 2.05) is 32.1 Å². The van der Waals surface area contributed by atoms with Gasteiger partial charge in [0.1, 0.15) is 0 Å². The maximum absolute atomic E-state index is 8.88. The van der Waals surface area contributed by atoms with Gasteiger partial charge < -0.3 is 10.2 Å². The van der Waals surface area contributed by atoms with Crippen molar-refractivity contribution in [2.24, 2.45) is 0 Å². The minimum atomic E-state index is -0.416. The van der Waals surface area contributed by atoms with Crippen LogP contribution in [0.4, 0.5) is 0 Å². The lowest BCUT2D eigenvalue weighted by Crippen LogP contribution is -1.97. The number of aliphatic hydroxyl groups is 2. The highest BCUT2D eigenvalue weighted by molar-refractivity contribution is 5.15. The van der Waals surface area contributed by atoms with Crippen LogP contribution in [0.25, 0.3) is 0 Å². The van der Waals surface area contributed by atoms with E-state index in [9.17, 15) is 0 Å². The van der Waals surface area contributed by atoms with Crippen LogP contribution in [0.3, 0.4) is 0 Å². The summed E-state index contributed by atoms with van der Waals surface area (Å²) in [6.07, 6.45) is 13.8. The molecule has 0 radical (unpaired) electrons. The zero-order valence-corrected chi connectivity index (χ0v) is 12.8. The Morgan fingerprint density at radius 2 is 1.80 bits per heavy atom. The number of hydrogen-bond donors (Lipinski definition) is 2. The Labute approximate surface area is 123 Å². The zero-order chi connectivity index (χ0) is 15.8. The van der Waals surface area contributed by atoms with E-state index in [2.05, 4.69) is 25.8 Å². The molecule has 0 saturated heterocycles. The summed E-state index contributed by atoms with van der Waals surface area (Å²) in [5.74, 6) is 0. The molecule has 0 saturated carbocycles. The van der Waals surface area contributed by atoms with Gasteiger partial charge in [0.25, 0.3) is 0 Å². The Bertz CT molecular complexity index is 360. The van der Waals surface area contributed by atoms with Gasteiger partial charge in [-0.25, -0.2) is 0 Å². The van der Waals surface area contributed by atoms with Gasteiger partial charge in [-0.15, -0.1) is 6.58 Å². The van der Waals surface area contributed by atoms with E-state index in [0.29, 0.717) is 6.42 Å². The molecule has 0 aliphatic carbocycles. The van der Waals surface area contributed by atoms with Crippen molar-refractivity contribution in [3.05, 3.63) is 73.4 Å². The van der Waals surface area contributed by atoms with E-state index in [-0.39, 0.29) is 6.61 Å². The monoisotopic (exact) mass is 276 g/mol. The van der Waals surface area contributed by atoms with Gasteiger partial charge in [0, 0.05) is 0 Å². The lowest BCUT2D eigenvalue weighted by atomic mass is 10.2. The zero-order valence-electron chi connectivity index (χ0n) is 12.8. The average molecular weight is 276 g/mol. The summed E-state index contributed by atoms with van der Waals surface area (Å²) in [7, 11) is 0. The van der Waals surface area contributed by atoms with Gasteiger partial charge in [0.2, 0.25) is 0 Å². The predicted octanol–water partition coefficient (Wildman–Crippen LogP) is 4.11. The second kappa shape index (κ2) is 15.4. The summed E-state index contributed by atoms with van der Waals surface area (Å²) < 4.78 is 0. The first-order valence-electron chi connectivity index (χ1n) is 6.65. The van der Waals surface area contributed by atoms with E-state index in [1.165, 1.54) is 11.6 Å². The smallest absolute Gasteiger partial charge is 0.0752 e. The first-order chi connectivity index (χ1) is 9.51. The highest BCUT2D eigenvalue weighted by Gasteiger charge is 1.89. The standard InChI is InChI=1S/C10H16O.C8H12O/c1-4-9(2)6-5-7-10(3)8-11;1-3-5-6-7-8(9)4-2/h4,6-7,11H,1,5,8H2,2-3H3;3-6,8-9H,1-2,7H2. The van der Waals surface area contributed by atoms with E-state index in [0.717, 1.165) is 12.0 Å². The molecule has 0 fully saturated rings. The molecule has 0 amide bonds. The van der Waals surface area contributed by atoms with E-state index in [1.54, 1.807) is 12.2 Å². The molecule has 0 aliphatic heterocycles. The molecule has 0 aromatic carbocycles. The third-order valence-corrected chi connectivity index (χ3v) is 2.40. The largest absolute Gasteiger partial charge is 0.392 e. The summed E-state index contributed by atoms with van der Waals surface area (Å²) >= 11 is 0. The highest BCUT2D eigenvalue weighted by Crippen LogP contribution is 1.99. The van der Waals surface area contributed by atoms with Crippen molar-refractivity contribution in [1.29, 1.82) is 0 Å².